The summed E-state index contributed by atoms with van der Waals surface area (Å²) in [5.74, 6) is 0. The van der Waals surface area contributed by atoms with Crippen molar-refractivity contribution in [1.29, 1.82) is 0 Å². The van der Waals surface area contributed by atoms with Crippen LogP contribution in [0.1, 0.15) is 37.3 Å². The Morgan fingerprint density at radius 1 is 0.889 bits per heavy atom. The molecule has 3 nitrogen and oxygen atoms in total. The third-order valence-corrected chi connectivity index (χ3v) is 6.16. The highest BCUT2D eigenvalue weighted by Gasteiger charge is 2.26. The standard InChI is InChI=1S/C24H27N3/c1-3-23-22-16-20(26-12-5-4-6-13-26)8-7-19(22)17-27(23)21-9-10-24-18(15-21)11-14-25(24)2/h3,7-11,14-16H,4-6,12-13,17H2,1-2H3/b23-3+. The molecule has 2 aromatic carbocycles. The molecule has 3 heteroatoms. The van der Waals surface area contributed by atoms with Crippen molar-refractivity contribution in [2.45, 2.75) is 32.7 Å². The summed E-state index contributed by atoms with van der Waals surface area (Å²) < 4.78 is 2.18. The molecule has 0 unspecified atom stereocenters. The van der Waals surface area contributed by atoms with Crippen LogP contribution in [-0.2, 0) is 13.6 Å². The van der Waals surface area contributed by atoms with Crippen LogP contribution in [0.3, 0.4) is 0 Å². The number of anilines is 2. The number of fused-ring (bicyclic) bond motifs is 2. The minimum Gasteiger partial charge on any atom is -0.372 e. The van der Waals surface area contributed by atoms with Gasteiger partial charge in [-0.25, -0.2) is 0 Å². The number of rotatable bonds is 2. The molecular weight excluding hydrogens is 330 g/mol. The zero-order valence-corrected chi connectivity index (χ0v) is 16.3. The number of piperidine rings is 1. The van der Waals surface area contributed by atoms with Crippen LogP contribution < -0.4 is 9.80 Å². The molecule has 0 aliphatic carbocycles. The third-order valence-electron chi connectivity index (χ3n) is 6.16. The fourth-order valence-corrected chi connectivity index (χ4v) is 4.67. The second kappa shape index (κ2) is 6.49. The van der Waals surface area contributed by atoms with Gasteiger partial charge in [0, 0.05) is 66.4 Å². The number of aryl methyl sites for hydroxylation is 1. The molecule has 1 saturated heterocycles. The molecule has 1 fully saturated rings. The van der Waals surface area contributed by atoms with Gasteiger partial charge in [-0.3, -0.25) is 0 Å². The molecule has 3 heterocycles. The van der Waals surface area contributed by atoms with E-state index < -0.39 is 0 Å². The first-order valence-electron chi connectivity index (χ1n) is 10.1. The van der Waals surface area contributed by atoms with Crippen molar-refractivity contribution in [1.82, 2.24) is 4.57 Å². The Labute approximate surface area is 161 Å². The predicted octanol–water partition coefficient (Wildman–Crippen LogP) is 5.55. The Morgan fingerprint density at radius 2 is 1.70 bits per heavy atom. The van der Waals surface area contributed by atoms with Gasteiger partial charge in [-0.05, 0) is 68.1 Å². The van der Waals surface area contributed by atoms with E-state index in [-0.39, 0.29) is 0 Å². The highest BCUT2D eigenvalue weighted by molar-refractivity contribution is 5.90. The summed E-state index contributed by atoms with van der Waals surface area (Å²) in [6.07, 6.45) is 8.40. The van der Waals surface area contributed by atoms with Gasteiger partial charge in [0.05, 0.1) is 0 Å². The van der Waals surface area contributed by atoms with Crippen molar-refractivity contribution in [3.8, 4) is 0 Å². The summed E-state index contributed by atoms with van der Waals surface area (Å²) in [5.41, 5.74) is 8.10. The van der Waals surface area contributed by atoms with Crippen molar-refractivity contribution < 1.29 is 0 Å². The highest BCUT2D eigenvalue weighted by Crippen LogP contribution is 2.39. The quantitative estimate of drug-likeness (QED) is 0.596. The van der Waals surface area contributed by atoms with E-state index >= 15 is 0 Å². The van der Waals surface area contributed by atoms with Gasteiger partial charge in [0.2, 0.25) is 0 Å². The number of aromatic nitrogens is 1. The molecule has 0 amide bonds. The zero-order valence-electron chi connectivity index (χ0n) is 16.3. The summed E-state index contributed by atoms with van der Waals surface area (Å²) in [4.78, 5) is 5.01. The van der Waals surface area contributed by atoms with Gasteiger partial charge in [0.15, 0.2) is 0 Å². The SMILES string of the molecule is C/C=C1\c2cc(N3CCCCC3)ccc2CN1c1ccc2c(ccn2C)c1. The Kier molecular flexibility index (Phi) is 3.96. The van der Waals surface area contributed by atoms with E-state index in [0.717, 1.165) is 6.54 Å². The molecule has 0 bridgehead atoms. The maximum atomic E-state index is 2.55. The Balaban J connectivity index is 1.51. The van der Waals surface area contributed by atoms with Gasteiger partial charge in [-0.1, -0.05) is 12.1 Å². The topological polar surface area (TPSA) is 11.4 Å². The van der Waals surface area contributed by atoms with Gasteiger partial charge in [0.25, 0.3) is 0 Å². The van der Waals surface area contributed by atoms with Gasteiger partial charge in [0.1, 0.15) is 0 Å². The van der Waals surface area contributed by atoms with Crippen LogP contribution in [0.15, 0.2) is 54.7 Å². The lowest BCUT2D eigenvalue weighted by molar-refractivity contribution is 0.578. The predicted molar refractivity (Wildman–Crippen MR) is 115 cm³/mol. The normalized spacial score (nSPS) is 18.5. The number of benzene rings is 2. The molecule has 5 rings (SSSR count). The maximum Gasteiger partial charge on any atom is 0.0488 e. The lowest BCUT2D eigenvalue weighted by Gasteiger charge is -2.29. The van der Waals surface area contributed by atoms with Crippen molar-refractivity contribution >= 4 is 28.0 Å². The summed E-state index contributed by atoms with van der Waals surface area (Å²) in [7, 11) is 2.10. The van der Waals surface area contributed by atoms with Crippen molar-refractivity contribution in [3.63, 3.8) is 0 Å². The number of nitrogens with zero attached hydrogens (tertiary/aromatic N) is 3. The maximum absolute atomic E-state index is 2.55. The van der Waals surface area contributed by atoms with Gasteiger partial charge >= 0.3 is 0 Å². The van der Waals surface area contributed by atoms with E-state index in [1.54, 1.807) is 0 Å². The van der Waals surface area contributed by atoms with Gasteiger partial charge < -0.3 is 14.4 Å². The van der Waals surface area contributed by atoms with E-state index in [0.29, 0.717) is 0 Å². The van der Waals surface area contributed by atoms with Crippen LogP contribution in [0.2, 0.25) is 0 Å². The average molecular weight is 358 g/mol. The van der Waals surface area contributed by atoms with Crippen LogP contribution in [0.4, 0.5) is 11.4 Å². The summed E-state index contributed by atoms with van der Waals surface area (Å²) in [5, 5.41) is 1.30. The molecule has 27 heavy (non-hydrogen) atoms. The van der Waals surface area contributed by atoms with Gasteiger partial charge in [-0.15, -0.1) is 0 Å². The Bertz CT molecular complexity index is 1020. The van der Waals surface area contributed by atoms with E-state index in [4.69, 9.17) is 0 Å². The first-order chi connectivity index (χ1) is 13.2. The van der Waals surface area contributed by atoms with Crippen LogP contribution in [0.25, 0.3) is 16.6 Å². The molecule has 1 aromatic heterocycles. The minimum absolute atomic E-state index is 0.952. The van der Waals surface area contributed by atoms with E-state index in [9.17, 15) is 0 Å². The molecule has 0 N–H and O–H groups in total. The molecule has 2 aliphatic rings. The zero-order chi connectivity index (χ0) is 18.4. The molecule has 2 aliphatic heterocycles. The van der Waals surface area contributed by atoms with Crippen molar-refractivity contribution in [2.75, 3.05) is 22.9 Å². The van der Waals surface area contributed by atoms with E-state index in [1.807, 2.05) is 0 Å². The molecule has 3 aromatic rings. The minimum atomic E-state index is 0.952. The number of hydrogen-bond donors (Lipinski definition) is 0. The lowest BCUT2D eigenvalue weighted by atomic mass is 10.0. The first kappa shape index (κ1) is 16.5. The summed E-state index contributed by atoms with van der Waals surface area (Å²) >= 11 is 0. The highest BCUT2D eigenvalue weighted by atomic mass is 15.2. The monoisotopic (exact) mass is 357 g/mol. The Hall–Kier alpha value is -2.68. The average Bonchev–Trinajstić information content (AvgIpc) is 3.28. The molecule has 0 saturated carbocycles. The van der Waals surface area contributed by atoms with Crippen molar-refractivity contribution in [3.05, 3.63) is 65.9 Å². The van der Waals surface area contributed by atoms with Crippen molar-refractivity contribution in [2.24, 2.45) is 7.05 Å². The molecule has 0 spiro atoms. The van der Waals surface area contributed by atoms with Crippen LogP contribution >= 0.6 is 0 Å². The molecule has 0 atom stereocenters. The van der Waals surface area contributed by atoms with E-state index in [2.05, 4.69) is 83.1 Å². The van der Waals surface area contributed by atoms with E-state index in [1.165, 1.54) is 71.5 Å². The molecule has 138 valence electrons. The largest absolute Gasteiger partial charge is 0.372 e. The second-order valence-electron chi connectivity index (χ2n) is 7.82. The second-order valence-corrected chi connectivity index (χ2v) is 7.82. The Morgan fingerprint density at radius 3 is 2.52 bits per heavy atom. The van der Waals surface area contributed by atoms with Gasteiger partial charge in [-0.2, -0.15) is 0 Å². The molecule has 0 radical (unpaired) electrons. The lowest BCUT2D eigenvalue weighted by Crippen LogP contribution is -2.29. The fraction of sp³-hybridized carbons (Fsp3) is 0.333. The van der Waals surface area contributed by atoms with Crippen LogP contribution in [0, 0.1) is 0 Å². The smallest absolute Gasteiger partial charge is 0.0488 e. The summed E-state index contributed by atoms with van der Waals surface area (Å²) in [6.45, 7) is 5.50. The fourth-order valence-electron chi connectivity index (χ4n) is 4.67. The van der Waals surface area contributed by atoms with Crippen LogP contribution in [-0.4, -0.2) is 17.7 Å². The summed E-state index contributed by atoms with van der Waals surface area (Å²) in [6, 6.07) is 16.1. The van der Waals surface area contributed by atoms with Crippen LogP contribution in [0.5, 0.6) is 0 Å². The first-order valence-corrected chi connectivity index (χ1v) is 10.1. The number of allylic oxidation sites excluding steroid dienone is 1. The molecular formula is C24H27N3. The number of hydrogen-bond acceptors (Lipinski definition) is 2. The third kappa shape index (κ3) is 2.73.